The zero-order valence-electron chi connectivity index (χ0n) is 12.8. The van der Waals surface area contributed by atoms with Crippen molar-refractivity contribution in [1.29, 1.82) is 0 Å². The minimum absolute atomic E-state index is 0.0119. The monoisotopic (exact) mass is 285 g/mol. The summed E-state index contributed by atoms with van der Waals surface area (Å²) in [7, 11) is 0. The third kappa shape index (κ3) is 3.32. The first kappa shape index (κ1) is 14.3. The summed E-state index contributed by atoms with van der Waals surface area (Å²) < 4.78 is 1.58. The summed E-state index contributed by atoms with van der Waals surface area (Å²) in [6.45, 7) is 5.36. The maximum absolute atomic E-state index is 12.0. The Morgan fingerprint density at radius 1 is 1.33 bits per heavy atom. The number of nitrogens with zero attached hydrogens (tertiary/aromatic N) is 2. The molecule has 1 aliphatic rings. The van der Waals surface area contributed by atoms with Crippen LogP contribution in [0.5, 0.6) is 0 Å². The van der Waals surface area contributed by atoms with E-state index in [0.717, 1.165) is 5.69 Å². The molecular formula is C17H23N3O. The second-order valence-corrected chi connectivity index (χ2v) is 6.83. The zero-order valence-corrected chi connectivity index (χ0v) is 12.8. The molecule has 1 aliphatic carbocycles. The summed E-state index contributed by atoms with van der Waals surface area (Å²) in [4.78, 5) is 16.6. The molecule has 4 nitrogen and oxygen atoms in total. The molecule has 0 bridgehead atoms. The van der Waals surface area contributed by atoms with Crippen molar-refractivity contribution in [2.45, 2.75) is 52.1 Å². The summed E-state index contributed by atoms with van der Waals surface area (Å²) in [6.07, 6.45) is 6.70. The van der Waals surface area contributed by atoms with Gasteiger partial charge in [-0.3, -0.25) is 9.20 Å². The van der Waals surface area contributed by atoms with Crippen LogP contribution in [-0.2, 0) is 6.54 Å². The largest absolute Gasteiger partial charge is 0.308 e. The van der Waals surface area contributed by atoms with Gasteiger partial charge in [-0.05, 0) is 43.2 Å². The Bertz CT molecular complexity index is 680. The molecule has 2 aromatic rings. The molecule has 4 heteroatoms. The molecule has 1 saturated carbocycles. The predicted octanol–water partition coefficient (Wildman–Crippen LogP) is 2.75. The molecular weight excluding hydrogens is 262 g/mol. The van der Waals surface area contributed by atoms with Gasteiger partial charge in [0.2, 0.25) is 0 Å². The van der Waals surface area contributed by atoms with Gasteiger partial charge in [0.1, 0.15) is 5.65 Å². The first-order chi connectivity index (χ1) is 10.0. The normalized spacial score (nSPS) is 19.0. The summed E-state index contributed by atoms with van der Waals surface area (Å²) in [5.41, 5.74) is 2.02. The van der Waals surface area contributed by atoms with Crippen LogP contribution in [0.25, 0.3) is 5.65 Å². The van der Waals surface area contributed by atoms with Crippen LogP contribution < -0.4 is 10.9 Å². The minimum Gasteiger partial charge on any atom is -0.308 e. The van der Waals surface area contributed by atoms with Crippen molar-refractivity contribution < 1.29 is 0 Å². The average Bonchev–Trinajstić information content (AvgIpc) is 2.46. The van der Waals surface area contributed by atoms with E-state index < -0.39 is 0 Å². The molecule has 0 aliphatic heterocycles. The third-order valence-electron chi connectivity index (χ3n) is 4.54. The lowest BCUT2D eigenvalue weighted by atomic mass is 9.75. The van der Waals surface area contributed by atoms with E-state index in [2.05, 4.69) is 24.1 Å². The Labute approximate surface area is 125 Å². The number of hydrogen-bond donors (Lipinski definition) is 1. The molecule has 3 rings (SSSR count). The lowest BCUT2D eigenvalue weighted by Crippen LogP contribution is -2.35. The fraction of sp³-hybridized carbons (Fsp3) is 0.529. The Kier molecular flexibility index (Phi) is 3.81. The van der Waals surface area contributed by atoms with E-state index in [-0.39, 0.29) is 5.56 Å². The van der Waals surface area contributed by atoms with E-state index in [1.807, 2.05) is 18.2 Å². The topological polar surface area (TPSA) is 46.4 Å². The van der Waals surface area contributed by atoms with Crippen LogP contribution in [0.4, 0.5) is 0 Å². The van der Waals surface area contributed by atoms with Gasteiger partial charge in [0.05, 0.1) is 5.69 Å². The molecule has 0 saturated heterocycles. The Morgan fingerprint density at radius 2 is 2.10 bits per heavy atom. The van der Waals surface area contributed by atoms with Gasteiger partial charge < -0.3 is 5.32 Å². The molecule has 1 N–H and O–H groups in total. The second kappa shape index (κ2) is 5.60. The van der Waals surface area contributed by atoms with Gasteiger partial charge in [0.25, 0.3) is 5.56 Å². The first-order valence-electron chi connectivity index (χ1n) is 7.74. The van der Waals surface area contributed by atoms with Crippen molar-refractivity contribution in [2.24, 2.45) is 5.41 Å². The fourth-order valence-corrected chi connectivity index (χ4v) is 3.05. The molecule has 0 radical (unpaired) electrons. The second-order valence-electron chi connectivity index (χ2n) is 6.83. The van der Waals surface area contributed by atoms with E-state index >= 15 is 0 Å². The van der Waals surface area contributed by atoms with Gasteiger partial charge in [0.15, 0.2) is 0 Å². The van der Waals surface area contributed by atoms with Crippen molar-refractivity contribution in [2.75, 3.05) is 0 Å². The number of nitrogens with one attached hydrogen (secondary N) is 1. The highest BCUT2D eigenvalue weighted by Crippen LogP contribution is 2.34. The number of rotatable bonds is 3. The van der Waals surface area contributed by atoms with Gasteiger partial charge in [-0.2, -0.15) is 0 Å². The number of aromatic nitrogens is 2. The maximum Gasteiger partial charge on any atom is 0.258 e. The minimum atomic E-state index is -0.0119. The number of fused-ring (bicyclic) bond motifs is 1. The lowest BCUT2D eigenvalue weighted by molar-refractivity contribution is 0.205. The van der Waals surface area contributed by atoms with Gasteiger partial charge in [-0.15, -0.1) is 0 Å². The summed E-state index contributed by atoms with van der Waals surface area (Å²) >= 11 is 0. The van der Waals surface area contributed by atoms with E-state index in [9.17, 15) is 4.79 Å². The zero-order chi connectivity index (χ0) is 14.9. The van der Waals surface area contributed by atoms with Crippen LogP contribution >= 0.6 is 0 Å². The van der Waals surface area contributed by atoms with Crippen LogP contribution in [0.15, 0.2) is 35.3 Å². The van der Waals surface area contributed by atoms with Gasteiger partial charge in [-0.1, -0.05) is 19.9 Å². The van der Waals surface area contributed by atoms with E-state index in [0.29, 0.717) is 23.6 Å². The van der Waals surface area contributed by atoms with Crippen molar-refractivity contribution in [3.8, 4) is 0 Å². The van der Waals surface area contributed by atoms with Crippen LogP contribution in [0, 0.1) is 5.41 Å². The Balaban J connectivity index is 1.67. The number of hydrogen-bond acceptors (Lipinski definition) is 3. The highest BCUT2D eigenvalue weighted by atomic mass is 16.1. The van der Waals surface area contributed by atoms with Crippen molar-refractivity contribution >= 4 is 5.65 Å². The quantitative estimate of drug-likeness (QED) is 0.943. The molecule has 1 fully saturated rings. The van der Waals surface area contributed by atoms with Crippen LogP contribution in [0.3, 0.4) is 0 Å². The SMILES string of the molecule is CC1(C)CCC(NCc2cc(=O)n3ccccc3n2)CC1. The van der Waals surface area contributed by atoms with Crippen LogP contribution in [0.2, 0.25) is 0 Å². The van der Waals surface area contributed by atoms with Crippen LogP contribution in [-0.4, -0.2) is 15.4 Å². The first-order valence-corrected chi connectivity index (χ1v) is 7.74. The highest BCUT2D eigenvalue weighted by molar-refractivity contribution is 5.37. The summed E-state index contributed by atoms with van der Waals surface area (Å²) in [5, 5.41) is 3.56. The predicted molar refractivity (Wildman–Crippen MR) is 84.3 cm³/mol. The third-order valence-corrected chi connectivity index (χ3v) is 4.54. The molecule has 0 spiro atoms. The average molecular weight is 285 g/mol. The highest BCUT2D eigenvalue weighted by Gasteiger charge is 2.26. The maximum atomic E-state index is 12.0. The standard InChI is InChI=1S/C17H23N3O/c1-17(2)8-6-13(7-9-17)18-12-14-11-16(21)20-10-4-3-5-15(20)19-14/h3-5,10-11,13,18H,6-9,12H2,1-2H3. The van der Waals surface area contributed by atoms with E-state index in [1.54, 1.807) is 16.7 Å². The molecule has 112 valence electrons. The van der Waals surface area contributed by atoms with Gasteiger partial charge >= 0.3 is 0 Å². The smallest absolute Gasteiger partial charge is 0.258 e. The molecule has 0 amide bonds. The summed E-state index contributed by atoms with van der Waals surface area (Å²) in [5.74, 6) is 0. The molecule has 0 atom stereocenters. The number of pyridine rings is 1. The van der Waals surface area contributed by atoms with Crippen molar-refractivity contribution in [3.05, 3.63) is 46.5 Å². The molecule has 21 heavy (non-hydrogen) atoms. The lowest BCUT2D eigenvalue weighted by Gasteiger charge is -2.34. The Morgan fingerprint density at radius 3 is 2.86 bits per heavy atom. The van der Waals surface area contributed by atoms with Gasteiger partial charge in [0, 0.05) is 24.8 Å². The van der Waals surface area contributed by atoms with Gasteiger partial charge in [-0.25, -0.2) is 4.98 Å². The van der Waals surface area contributed by atoms with Crippen molar-refractivity contribution in [1.82, 2.24) is 14.7 Å². The van der Waals surface area contributed by atoms with E-state index in [1.165, 1.54) is 25.7 Å². The molecule has 0 unspecified atom stereocenters. The fourth-order valence-electron chi connectivity index (χ4n) is 3.05. The van der Waals surface area contributed by atoms with E-state index in [4.69, 9.17) is 0 Å². The summed E-state index contributed by atoms with van der Waals surface area (Å²) in [6, 6.07) is 7.80. The van der Waals surface area contributed by atoms with Crippen molar-refractivity contribution in [3.63, 3.8) is 0 Å². The molecule has 0 aromatic carbocycles. The molecule has 2 aromatic heterocycles. The van der Waals surface area contributed by atoms with Crippen LogP contribution in [0.1, 0.15) is 45.2 Å². The molecule has 2 heterocycles. The Hall–Kier alpha value is -1.68.